The first-order valence-corrected chi connectivity index (χ1v) is 46.0. The van der Waals surface area contributed by atoms with Gasteiger partial charge in [-0.25, -0.2) is 41.7 Å². The number of carbonyl (C=O) groups excluding carboxylic acids is 14. The van der Waals surface area contributed by atoms with Crippen molar-refractivity contribution < 1.29 is 93.9 Å². The number of hydrogen-bond donors (Lipinski definition) is 10. The smallest absolute Gasteiger partial charge is 0.322 e. The number of halogens is 4. The number of imide groups is 4. The van der Waals surface area contributed by atoms with E-state index < -0.39 is 105 Å². The van der Waals surface area contributed by atoms with Crippen molar-refractivity contribution >= 4 is 118 Å². The van der Waals surface area contributed by atoms with Gasteiger partial charge in [0.1, 0.15) is 47.1 Å². The van der Waals surface area contributed by atoms with Crippen LogP contribution in [0.5, 0.6) is 5.75 Å². The minimum Gasteiger partial charge on any atom is -0.489 e. The van der Waals surface area contributed by atoms with Crippen molar-refractivity contribution in [3.63, 3.8) is 0 Å². The van der Waals surface area contributed by atoms with E-state index in [1.165, 1.54) is 104 Å². The lowest BCUT2D eigenvalue weighted by molar-refractivity contribution is -0.125. The summed E-state index contributed by atoms with van der Waals surface area (Å²) in [6.45, 7) is 2.47. The topological polar surface area (TPSA) is 425 Å². The van der Waals surface area contributed by atoms with Crippen LogP contribution in [0, 0.1) is 30.2 Å². The molecule has 10 aliphatic heterocycles. The lowest BCUT2D eigenvalue weighted by Crippen LogP contribution is -2.52. The Kier molecular flexibility index (Phi) is 23.7. The molecule has 10 N–H and O–H groups in total. The minimum atomic E-state index is -1.54. The molecule has 2 aromatic heterocycles. The van der Waals surface area contributed by atoms with Crippen LogP contribution in [0.4, 0.5) is 48.1 Å². The fraction of sp³-hybridized carbons (Fsp3) is 0.157. The van der Waals surface area contributed by atoms with Gasteiger partial charge in [0.25, 0.3) is 47.3 Å². The van der Waals surface area contributed by atoms with Gasteiger partial charge in [0.15, 0.2) is 22.2 Å². The van der Waals surface area contributed by atoms with E-state index in [-0.39, 0.29) is 99.3 Å². The fourth-order valence-corrected chi connectivity index (χ4v) is 20.8. The fourth-order valence-electron chi connectivity index (χ4n) is 18.9. The molecular weight excluding hydrogens is 1860 g/mol. The average Bonchev–Trinajstić information content (AvgIpc) is 1.62. The largest absolute Gasteiger partial charge is 0.489 e. The van der Waals surface area contributed by atoms with Crippen LogP contribution in [-0.4, -0.2) is 155 Å². The third kappa shape index (κ3) is 17.3. The average molecular weight is 1940 g/mol. The number of urea groups is 4. The zero-order valence-corrected chi connectivity index (χ0v) is 75.7. The zero-order chi connectivity index (χ0) is 98.1. The molecular formula is C102H77F4N17O16S2. The van der Waals surface area contributed by atoms with E-state index in [1.54, 1.807) is 108 Å². The van der Waals surface area contributed by atoms with Crippen molar-refractivity contribution in [2.45, 2.75) is 71.7 Å². The Labute approximate surface area is 805 Å². The van der Waals surface area contributed by atoms with Crippen LogP contribution in [0.25, 0.3) is 39.2 Å². The summed E-state index contributed by atoms with van der Waals surface area (Å²) in [7, 11) is 0. The summed E-state index contributed by atoms with van der Waals surface area (Å²) < 4.78 is 67.8. The van der Waals surface area contributed by atoms with Gasteiger partial charge in [-0.3, -0.25) is 69.2 Å². The molecule has 0 aliphatic carbocycles. The molecule has 13 aromatic rings. The number of rotatable bonds is 19. The molecule has 23 rings (SSSR count). The molecule has 12 heterocycles. The number of aryl methyl sites for hydroxylation is 1. The minimum absolute atomic E-state index is 0.0497. The number of hydrogen-bond acceptors (Lipinski definition) is 20. The highest BCUT2D eigenvalue weighted by molar-refractivity contribution is 8.00. The van der Waals surface area contributed by atoms with Crippen LogP contribution in [0.15, 0.2) is 270 Å². The molecule has 18 amide bonds. The van der Waals surface area contributed by atoms with Crippen LogP contribution in [0.2, 0.25) is 0 Å². The van der Waals surface area contributed by atoms with Gasteiger partial charge in [0.05, 0.1) is 61.0 Å². The predicted octanol–water partition coefficient (Wildman–Crippen LogP) is 12.2. The second-order valence-electron chi connectivity index (χ2n) is 34.6. The van der Waals surface area contributed by atoms with E-state index in [0.29, 0.717) is 73.2 Å². The normalized spacial score (nSPS) is 19.8. The maximum atomic E-state index is 13.7. The first-order chi connectivity index (χ1) is 68.0. The van der Waals surface area contributed by atoms with E-state index in [0.717, 1.165) is 65.8 Å². The molecule has 0 saturated carbocycles. The number of amides is 18. The van der Waals surface area contributed by atoms with Crippen molar-refractivity contribution in [2.24, 2.45) is 0 Å². The number of thioether (sulfide) groups is 2. The summed E-state index contributed by atoms with van der Waals surface area (Å²) in [5.41, 5.74) is 8.33. The summed E-state index contributed by atoms with van der Waals surface area (Å²) in [5.74, 6) is -3.98. The van der Waals surface area contributed by atoms with Crippen molar-refractivity contribution in [1.29, 1.82) is 0 Å². The van der Waals surface area contributed by atoms with Crippen LogP contribution in [-0.2, 0) is 83.7 Å². The molecule has 10 aliphatic rings. The third-order valence-corrected chi connectivity index (χ3v) is 28.1. The van der Waals surface area contributed by atoms with Gasteiger partial charge in [0, 0.05) is 81.9 Å². The molecule has 11 aromatic carbocycles. The van der Waals surface area contributed by atoms with Gasteiger partial charge >= 0.3 is 24.1 Å². The summed E-state index contributed by atoms with van der Waals surface area (Å²) in [6, 6.07) is 62.4. The molecule has 2 unspecified atom stereocenters. The number of nitrogens with one attached hydrogen (secondary N) is 10. The van der Waals surface area contributed by atoms with Gasteiger partial charge in [-0.1, -0.05) is 151 Å². The summed E-state index contributed by atoms with van der Waals surface area (Å²) in [4.78, 5) is 188. The van der Waals surface area contributed by atoms with Gasteiger partial charge in [-0.2, -0.15) is 0 Å². The third-order valence-electron chi connectivity index (χ3n) is 25.9. The maximum Gasteiger partial charge on any atom is 0.322 e. The summed E-state index contributed by atoms with van der Waals surface area (Å²) >= 11 is 2.92. The number of benzene rings is 11. The Bertz CT molecular complexity index is 7250. The van der Waals surface area contributed by atoms with Gasteiger partial charge in [-0.05, 0) is 165 Å². The van der Waals surface area contributed by atoms with E-state index in [4.69, 9.17) is 9.26 Å². The van der Waals surface area contributed by atoms with Crippen LogP contribution in [0.3, 0.4) is 0 Å². The number of nitrogens with zero attached hydrogens (tertiary/aromatic N) is 7. The Balaban J connectivity index is 0.000000116. The van der Waals surface area contributed by atoms with Crippen LogP contribution in [0.1, 0.15) is 97.3 Å². The predicted molar refractivity (Wildman–Crippen MR) is 501 cm³/mol. The van der Waals surface area contributed by atoms with Gasteiger partial charge in [0.2, 0.25) is 11.8 Å². The Morgan fingerprint density at radius 2 is 0.759 bits per heavy atom. The second kappa shape index (κ2) is 36.6. The molecule has 4 fully saturated rings. The molecule has 0 bridgehead atoms. The molecule has 0 spiro atoms. The quantitative estimate of drug-likeness (QED) is 0.0265. The number of ether oxygens (including phenoxy) is 1. The summed E-state index contributed by atoms with van der Waals surface area (Å²) in [5, 5.41) is 29.8. The first kappa shape index (κ1) is 91.4. The lowest BCUT2D eigenvalue weighted by Gasteiger charge is -2.31. The molecule has 4 saturated heterocycles. The summed E-state index contributed by atoms with van der Waals surface area (Å²) in [6.07, 6.45) is 5.09. The SMILES string of the molecule is Cc1onc(-c2ccccc2)c1COc1ccc2c(c1)CN(CC1(c3ccc(F)cc3)NC(=O)NC1=O)C2=O.O=C1CSc2c(cccc2-c2ccc([C@@]3(CN4Cc5ccc(F)cc5C4=O)NC(=O)NC3=O)cc2)N1.O=C1CSc2c(cccc2-c2ccc([C@]3(CN4Cc5ccc(F)cc5C4=O)NC(=O)NC3=O)cc2)N1.O=C1NC(=O)C(CN2Cc3ccc(F)cc3C2=O)(c2ccc(-n3ccnc3)cc2)N1. The zero-order valence-electron chi connectivity index (χ0n) is 74.0. The molecule has 4 atom stereocenters. The second-order valence-corrected chi connectivity index (χ2v) is 36.5. The highest BCUT2D eigenvalue weighted by atomic mass is 32.2. The standard InChI is InChI=1S/C29H23FN4O5.2C26H19FN4O4S.C21H16FN5O3/c1-17-24(25(33-39-17)18-5-3-2-4-6-18)15-38-22-11-12-23-19(13-22)14-34(26(23)35)16-29(27(36)31-28(37)32-29)20-7-9-21(30)10-8-20;2*27-17-9-6-15-11-31(23(33)19(15)10-17)13-26(24(34)29-25(35)30-26)16-7-4-14(5-8-16)18-2-1-3-20-22(18)36-12-21(32)28-20;22-15-4-1-13-10-27(18(28)17(13)9-15)11-21(19(29)24-20(30)25-21)14-2-5-16(6-3-14)26-8-7-23-12-26/h2-13H,14-16H2,1H3,(H2,31,32,36,37);2*1-10H,11-13H2,(H,28,32)(H2,29,30,34,35);1-9,12H,10-11H2,(H2,24,25,29,30)/t;2*26-;/m.10./s1. The van der Waals surface area contributed by atoms with Crippen molar-refractivity contribution in [3.8, 4) is 44.9 Å². The van der Waals surface area contributed by atoms with Crippen LogP contribution < -0.4 is 57.9 Å². The number of imidazole rings is 1. The Morgan fingerprint density at radius 3 is 1.15 bits per heavy atom. The van der Waals surface area contributed by atoms with Crippen molar-refractivity contribution in [1.82, 2.24) is 76.8 Å². The number of carbonyl (C=O) groups is 14. The van der Waals surface area contributed by atoms with Gasteiger partial charge in [-0.15, -0.1) is 23.5 Å². The molecule has 39 heteroatoms. The highest BCUT2D eigenvalue weighted by Crippen LogP contribution is 2.45. The molecule has 0 radical (unpaired) electrons. The Hall–Kier alpha value is -17.4. The lowest BCUT2D eigenvalue weighted by atomic mass is 9.88. The number of aromatic nitrogens is 3. The highest BCUT2D eigenvalue weighted by Gasteiger charge is 2.55. The van der Waals surface area contributed by atoms with Gasteiger partial charge < -0.3 is 65.3 Å². The maximum absolute atomic E-state index is 13.7. The van der Waals surface area contributed by atoms with E-state index in [1.807, 2.05) is 97.9 Å². The molecule has 33 nitrogen and oxygen atoms in total. The van der Waals surface area contributed by atoms with Crippen molar-refractivity contribution in [2.75, 3.05) is 48.3 Å². The first-order valence-electron chi connectivity index (χ1n) is 44.0. The van der Waals surface area contributed by atoms with Crippen LogP contribution >= 0.6 is 23.5 Å². The van der Waals surface area contributed by atoms with Crippen molar-refractivity contribution in [3.05, 3.63) is 357 Å². The van der Waals surface area contributed by atoms with E-state index in [9.17, 15) is 84.7 Å². The molecule has 706 valence electrons. The number of fused-ring (bicyclic) bond motifs is 6. The number of anilines is 2. The van der Waals surface area contributed by atoms with E-state index in [2.05, 4.69) is 63.3 Å². The monoisotopic (exact) mass is 1940 g/mol. The van der Waals surface area contributed by atoms with E-state index >= 15 is 0 Å². The Morgan fingerprint density at radius 1 is 0.376 bits per heavy atom. The molecule has 141 heavy (non-hydrogen) atoms.